The largest absolute Gasteiger partial charge is 0.480 e. The Morgan fingerprint density at radius 2 is 2.00 bits per heavy atom. The van der Waals surface area contributed by atoms with Gasteiger partial charge in [0.15, 0.2) is 5.54 Å². The lowest BCUT2D eigenvalue weighted by molar-refractivity contribution is -0.145. The van der Waals surface area contributed by atoms with E-state index in [-0.39, 0.29) is 6.54 Å². The number of carboxylic acid groups (broad SMARTS) is 1. The number of nitrogens with zero attached hydrogens (tertiary/aromatic N) is 2. The van der Waals surface area contributed by atoms with Gasteiger partial charge in [-0.15, -0.1) is 0 Å². The maximum absolute atomic E-state index is 11.9. The predicted molar refractivity (Wildman–Crippen MR) is 76.5 cm³/mol. The topological polar surface area (TPSA) is 67.2 Å². The molecule has 0 spiro atoms. The first-order valence-corrected chi connectivity index (χ1v) is 6.47. The van der Waals surface area contributed by atoms with E-state index < -0.39 is 11.5 Å². The van der Waals surface area contributed by atoms with Crippen LogP contribution in [0.1, 0.15) is 17.0 Å². The van der Waals surface area contributed by atoms with Crippen molar-refractivity contribution < 1.29 is 9.90 Å². The van der Waals surface area contributed by atoms with Gasteiger partial charge >= 0.3 is 5.97 Å². The van der Waals surface area contributed by atoms with E-state index in [1.165, 1.54) is 0 Å². The van der Waals surface area contributed by atoms with Crippen molar-refractivity contribution >= 4 is 5.97 Å². The highest BCUT2D eigenvalue weighted by Gasteiger charge is 2.39. The lowest BCUT2D eigenvalue weighted by Gasteiger charge is -2.30. The number of rotatable bonds is 5. The summed E-state index contributed by atoms with van der Waals surface area (Å²) in [6.45, 7) is 4.14. The molecule has 1 unspecified atom stereocenters. The Morgan fingerprint density at radius 1 is 1.35 bits per heavy atom. The number of hydrogen-bond acceptors (Lipinski definition) is 3. The molecule has 2 N–H and O–H groups in total. The van der Waals surface area contributed by atoms with Crippen LogP contribution < -0.4 is 5.32 Å². The Balaban J connectivity index is 2.48. The highest BCUT2D eigenvalue weighted by Crippen LogP contribution is 2.24. The molecule has 0 saturated heterocycles. The van der Waals surface area contributed by atoms with Crippen LogP contribution in [0.4, 0.5) is 0 Å². The van der Waals surface area contributed by atoms with Crippen molar-refractivity contribution in [3.05, 3.63) is 53.6 Å². The number of aromatic nitrogens is 2. The van der Waals surface area contributed by atoms with E-state index in [0.717, 1.165) is 17.0 Å². The third kappa shape index (κ3) is 2.32. The smallest absolute Gasteiger partial charge is 0.330 e. The minimum Gasteiger partial charge on any atom is -0.480 e. The predicted octanol–water partition coefficient (Wildman–Crippen LogP) is 1.70. The Morgan fingerprint density at radius 3 is 2.45 bits per heavy atom. The summed E-state index contributed by atoms with van der Waals surface area (Å²) in [5, 5.41) is 12.7. The molecule has 1 heterocycles. The average Bonchev–Trinajstić information content (AvgIpc) is 2.77. The molecule has 0 bridgehead atoms. The number of hydrogen-bond donors (Lipinski definition) is 2. The van der Waals surface area contributed by atoms with Gasteiger partial charge in [-0.2, -0.15) is 0 Å². The van der Waals surface area contributed by atoms with Gasteiger partial charge in [0.1, 0.15) is 0 Å². The molecule has 5 heteroatoms. The highest BCUT2D eigenvalue weighted by molar-refractivity contribution is 5.80. The molecule has 1 aromatic heterocycles. The summed E-state index contributed by atoms with van der Waals surface area (Å²) < 4.78 is 1.87. The number of carboxylic acids is 1. The van der Waals surface area contributed by atoms with Crippen molar-refractivity contribution in [2.45, 2.75) is 25.9 Å². The maximum atomic E-state index is 11.9. The van der Waals surface area contributed by atoms with Crippen LogP contribution in [0.25, 0.3) is 0 Å². The van der Waals surface area contributed by atoms with Crippen LogP contribution >= 0.6 is 0 Å². The summed E-state index contributed by atoms with van der Waals surface area (Å²) >= 11 is 0. The number of likely N-dealkylation sites (N-methyl/N-ethyl adjacent to an activating group) is 1. The van der Waals surface area contributed by atoms with Crippen molar-refractivity contribution in [2.24, 2.45) is 0 Å². The molecule has 106 valence electrons. The van der Waals surface area contributed by atoms with Crippen LogP contribution in [0.3, 0.4) is 0 Å². The zero-order valence-corrected chi connectivity index (χ0v) is 11.9. The van der Waals surface area contributed by atoms with E-state index >= 15 is 0 Å². The molecule has 20 heavy (non-hydrogen) atoms. The second-order valence-corrected chi connectivity index (χ2v) is 4.87. The van der Waals surface area contributed by atoms with E-state index in [1.807, 2.05) is 48.7 Å². The zero-order chi connectivity index (χ0) is 14.8. The van der Waals surface area contributed by atoms with Gasteiger partial charge in [0.2, 0.25) is 0 Å². The molecule has 2 rings (SSSR count). The van der Waals surface area contributed by atoms with Gasteiger partial charge in [0, 0.05) is 5.69 Å². The maximum Gasteiger partial charge on any atom is 0.330 e. The Hall–Kier alpha value is -2.14. The average molecular weight is 273 g/mol. The molecule has 0 fully saturated rings. The molecule has 2 aromatic rings. The molecule has 5 nitrogen and oxygen atoms in total. The van der Waals surface area contributed by atoms with Gasteiger partial charge in [-0.05, 0) is 26.5 Å². The van der Waals surface area contributed by atoms with Gasteiger partial charge in [-0.3, -0.25) is 5.32 Å². The lowest BCUT2D eigenvalue weighted by atomic mass is 9.89. The molecule has 0 saturated carbocycles. The van der Waals surface area contributed by atoms with Gasteiger partial charge in [0.25, 0.3) is 0 Å². The van der Waals surface area contributed by atoms with Crippen LogP contribution in [0.15, 0.2) is 36.7 Å². The Bertz CT molecular complexity index is 607. The molecule has 1 aromatic carbocycles. The number of imidazole rings is 1. The number of nitrogens with one attached hydrogen (secondary N) is 1. The Labute approximate surface area is 118 Å². The van der Waals surface area contributed by atoms with Crippen LogP contribution in [0.5, 0.6) is 0 Å². The molecule has 0 aliphatic rings. The summed E-state index contributed by atoms with van der Waals surface area (Å²) in [4.78, 5) is 16.1. The normalized spacial score (nSPS) is 13.9. The monoisotopic (exact) mass is 273 g/mol. The van der Waals surface area contributed by atoms with Crippen molar-refractivity contribution in [1.29, 1.82) is 0 Å². The third-order valence-electron chi connectivity index (χ3n) is 3.81. The highest BCUT2D eigenvalue weighted by atomic mass is 16.4. The fourth-order valence-electron chi connectivity index (χ4n) is 2.29. The molecule has 0 aliphatic carbocycles. The lowest BCUT2D eigenvalue weighted by Crippen LogP contribution is -2.50. The molecule has 0 radical (unpaired) electrons. The number of aliphatic carboxylic acids is 1. The fourth-order valence-corrected chi connectivity index (χ4v) is 2.29. The number of aryl methyl sites for hydroxylation is 1. The zero-order valence-electron chi connectivity index (χ0n) is 11.9. The van der Waals surface area contributed by atoms with E-state index in [2.05, 4.69) is 10.3 Å². The summed E-state index contributed by atoms with van der Waals surface area (Å²) in [6, 6.07) is 9.21. The van der Waals surface area contributed by atoms with Crippen molar-refractivity contribution in [1.82, 2.24) is 14.9 Å². The molecule has 0 aliphatic heterocycles. The van der Waals surface area contributed by atoms with Gasteiger partial charge in [-0.25, -0.2) is 9.78 Å². The molecule has 0 amide bonds. The van der Waals surface area contributed by atoms with Gasteiger partial charge in [-0.1, -0.05) is 30.3 Å². The van der Waals surface area contributed by atoms with Crippen LogP contribution in [0, 0.1) is 13.8 Å². The van der Waals surface area contributed by atoms with E-state index in [9.17, 15) is 9.90 Å². The summed E-state index contributed by atoms with van der Waals surface area (Å²) in [7, 11) is 1.67. The van der Waals surface area contributed by atoms with E-state index in [1.54, 1.807) is 13.4 Å². The summed E-state index contributed by atoms with van der Waals surface area (Å²) in [5.74, 6) is -0.906. The first-order chi connectivity index (χ1) is 9.51. The first-order valence-electron chi connectivity index (χ1n) is 6.47. The van der Waals surface area contributed by atoms with Crippen molar-refractivity contribution in [3.63, 3.8) is 0 Å². The minimum atomic E-state index is -1.17. The van der Waals surface area contributed by atoms with Gasteiger partial charge in [0.05, 0.1) is 18.6 Å². The van der Waals surface area contributed by atoms with Crippen molar-refractivity contribution in [2.75, 3.05) is 7.05 Å². The molecule has 1 atom stereocenters. The fraction of sp³-hybridized carbons (Fsp3) is 0.333. The molecular weight excluding hydrogens is 254 g/mol. The first kappa shape index (κ1) is 14.3. The quantitative estimate of drug-likeness (QED) is 0.870. The van der Waals surface area contributed by atoms with Gasteiger partial charge < -0.3 is 9.67 Å². The Kier molecular flexibility index (Phi) is 3.90. The molecular formula is C15H19N3O2. The number of benzene rings is 1. The van der Waals surface area contributed by atoms with Crippen LogP contribution in [-0.2, 0) is 16.9 Å². The SMILES string of the molecule is CNC(Cn1cnc(C)c1C)(C(=O)O)c1ccccc1. The minimum absolute atomic E-state index is 0.287. The third-order valence-corrected chi connectivity index (χ3v) is 3.81. The van der Waals surface area contributed by atoms with E-state index in [4.69, 9.17) is 0 Å². The standard InChI is InChI=1S/C15H19N3O2/c1-11-12(2)18(10-17-11)9-15(16-3,14(19)20)13-7-5-4-6-8-13/h4-8,10,16H,9H2,1-3H3,(H,19,20). The summed E-state index contributed by atoms with van der Waals surface area (Å²) in [6.07, 6.45) is 1.68. The van der Waals surface area contributed by atoms with E-state index in [0.29, 0.717) is 0 Å². The summed E-state index contributed by atoms with van der Waals surface area (Å²) in [5.41, 5.74) is 1.44. The van der Waals surface area contributed by atoms with Crippen LogP contribution in [0.2, 0.25) is 0 Å². The second kappa shape index (κ2) is 5.46. The van der Waals surface area contributed by atoms with Crippen molar-refractivity contribution in [3.8, 4) is 0 Å². The second-order valence-electron chi connectivity index (χ2n) is 4.87. The van der Waals surface area contributed by atoms with Crippen LogP contribution in [-0.4, -0.2) is 27.7 Å². The number of carbonyl (C=O) groups is 1.